The third-order valence-electron chi connectivity index (χ3n) is 1.25. The van der Waals surface area contributed by atoms with Gasteiger partial charge in [0.2, 0.25) is 0 Å². The van der Waals surface area contributed by atoms with Crippen molar-refractivity contribution in [2.45, 2.75) is 13.1 Å². The monoisotopic (exact) mass is 208 g/mol. The molecule has 0 N–H and O–H groups in total. The lowest BCUT2D eigenvalue weighted by Crippen LogP contribution is -1.86. The number of hydrogen-bond donors (Lipinski definition) is 0. The van der Waals surface area contributed by atoms with Crippen molar-refractivity contribution in [1.82, 2.24) is 0 Å². The lowest BCUT2D eigenvalue weighted by molar-refractivity contribution is 0.341. The van der Waals surface area contributed by atoms with E-state index >= 15 is 0 Å². The zero-order valence-corrected chi connectivity index (χ0v) is 8.35. The maximum atomic E-state index is 11.4. The molecule has 0 bridgehead atoms. The van der Waals surface area contributed by atoms with E-state index in [4.69, 9.17) is 20.2 Å². The number of halogens is 1. The van der Waals surface area contributed by atoms with Crippen LogP contribution in [-0.4, -0.2) is 6.61 Å². The van der Waals surface area contributed by atoms with Gasteiger partial charge in [0, 0.05) is 0 Å². The highest BCUT2D eigenvalue weighted by Gasteiger charge is 2.20. The Morgan fingerprint density at radius 1 is 1.75 bits per heavy atom. The van der Waals surface area contributed by atoms with E-state index in [0.29, 0.717) is 12.4 Å². The Morgan fingerprint density at radius 3 is 3.00 bits per heavy atom. The molecule has 0 spiro atoms. The van der Waals surface area contributed by atoms with Gasteiger partial charge in [0.1, 0.15) is 5.76 Å². The van der Waals surface area contributed by atoms with Gasteiger partial charge in [-0.25, -0.2) is 0 Å². The van der Waals surface area contributed by atoms with Crippen LogP contribution in [0.1, 0.15) is 12.7 Å². The minimum absolute atomic E-state index is 0.148. The van der Waals surface area contributed by atoms with Gasteiger partial charge >= 0.3 is 0 Å². The Morgan fingerprint density at radius 2 is 2.50 bits per heavy atom. The fraction of sp³-hybridized carbons (Fsp3) is 0.429. The van der Waals surface area contributed by atoms with E-state index in [1.165, 1.54) is 6.26 Å². The van der Waals surface area contributed by atoms with E-state index in [0.717, 1.165) is 0 Å². The molecule has 68 valence electrons. The second-order valence-corrected chi connectivity index (χ2v) is 5.55. The van der Waals surface area contributed by atoms with Gasteiger partial charge in [-0.15, -0.1) is 0 Å². The predicted molar refractivity (Wildman–Crippen MR) is 47.5 cm³/mol. The quantitative estimate of drug-likeness (QED) is 0.713. The molecule has 0 amide bonds. The van der Waals surface area contributed by atoms with E-state index in [2.05, 4.69) is 0 Å². The van der Waals surface area contributed by atoms with Crippen molar-refractivity contribution in [3.8, 4) is 0 Å². The van der Waals surface area contributed by atoms with E-state index in [1.54, 1.807) is 19.1 Å². The smallest absolute Gasteiger partial charge is 0.297 e. The largest absolute Gasteiger partial charge is 0.469 e. The van der Waals surface area contributed by atoms with Crippen LogP contribution in [0.15, 0.2) is 22.8 Å². The van der Waals surface area contributed by atoms with Crippen LogP contribution in [0, 0.1) is 0 Å². The summed E-state index contributed by atoms with van der Waals surface area (Å²) in [5.41, 5.74) is 0. The summed E-state index contributed by atoms with van der Waals surface area (Å²) in [6.07, 6.45) is 1.66. The molecular formula is C7H10ClO3P. The minimum atomic E-state index is -3.00. The van der Waals surface area contributed by atoms with Gasteiger partial charge in [-0.1, -0.05) is 0 Å². The van der Waals surface area contributed by atoms with Crippen LogP contribution in [0.5, 0.6) is 0 Å². The third kappa shape index (κ3) is 3.02. The first-order chi connectivity index (χ1) is 5.64. The van der Waals surface area contributed by atoms with Crippen molar-refractivity contribution in [2.75, 3.05) is 6.61 Å². The van der Waals surface area contributed by atoms with Gasteiger partial charge in [0.25, 0.3) is 6.72 Å². The average molecular weight is 209 g/mol. The summed E-state index contributed by atoms with van der Waals surface area (Å²) in [5, 5.41) is 0. The van der Waals surface area contributed by atoms with Crippen LogP contribution in [-0.2, 0) is 15.3 Å². The Hall–Kier alpha value is -0.240. The molecular weight excluding hydrogens is 199 g/mol. The first kappa shape index (κ1) is 9.85. The van der Waals surface area contributed by atoms with Crippen LogP contribution in [0.25, 0.3) is 0 Å². The topological polar surface area (TPSA) is 39.4 Å². The summed E-state index contributed by atoms with van der Waals surface area (Å²) >= 11 is 5.60. The molecule has 0 aliphatic heterocycles. The number of hydrogen-bond acceptors (Lipinski definition) is 3. The van der Waals surface area contributed by atoms with Crippen LogP contribution in [0.3, 0.4) is 0 Å². The molecule has 1 aromatic heterocycles. The van der Waals surface area contributed by atoms with E-state index in [1.807, 2.05) is 0 Å². The second kappa shape index (κ2) is 4.13. The zero-order chi connectivity index (χ0) is 9.03. The maximum Gasteiger partial charge on any atom is 0.297 e. The molecule has 0 aliphatic carbocycles. The van der Waals surface area contributed by atoms with Crippen molar-refractivity contribution in [1.29, 1.82) is 0 Å². The van der Waals surface area contributed by atoms with Crippen molar-refractivity contribution < 1.29 is 13.5 Å². The van der Waals surface area contributed by atoms with Crippen LogP contribution < -0.4 is 0 Å². The fourth-order valence-electron chi connectivity index (χ4n) is 0.827. The van der Waals surface area contributed by atoms with E-state index in [-0.39, 0.29) is 6.16 Å². The summed E-state index contributed by atoms with van der Waals surface area (Å²) in [5.74, 6) is 0.585. The highest BCUT2D eigenvalue weighted by molar-refractivity contribution is 7.84. The molecule has 3 nitrogen and oxygen atoms in total. The molecule has 5 heteroatoms. The van der Waals surface area contributed by atoms with Crippen molar-refractivity contribution in [3.05, 3.63) is 24.2 Å². The van der Waals surface area contributed by atoms with E-state index in [9.17, 15) is 4.57 Å². The molecule has 0 aromatic carbocycles. The number of rotatable bonds is 4. The molecule has 1 rings (SSSR count). The van der Waals surface area contributed by atoms with Gasteiger partial charge in [0.15, 0.2) is 0 Å². The molecule has 1 unspecified atom stereocenters. The highest BCUT2D eigenvalue weighted by Crippen LogP contribution is 2.55. The first-order valence-electron chi connectivity index (χ1n) is 3.59. The molecule has 0 saturated heterocycles. The molecule has 1 atom stereocenters. The minimum Gasteiger partial charge on any atom is -0.469 e. The SMILES string of the molecule is CCOP(=O)(Cl)Cc1ccco1. The Bertz CT molecular complexity index is 270. The van der Waals surface area contributed by atoms with Gasteiger partial charge < -0.3 is 8.94 Å². The third-order valence-corrected chi connectivity index (χ3v) is 3.23. The summed E-state index contributed by atoms with van der Waals surface area (Å²) in [6, 6.07) is 3.44. The van der Waals surface area contributed by atoms with Gasteiger partial charge in [-0.3, -0.25) is 4.57 Å². The zero-order valence-electron chi connectivity index (χ0n) is 6.70. The molecule has 0 radical (unpaired) electrons. The molecule has 0 fully saturated rings. The van der Waals surface area contributed by atoms with Crippen molar-refractivity contribution >= 4 is 18.0 Å². The lowest BCUT2D eigenvalue weighted by atomic mass is 10.5. The molecule has 0 aliphatic rings. The normalized spacial score (nSPS) is 15.8. The van der Waals surface area contributed by atoms with Gasteiger partial charge in [-0.05, 0) is 30.3 Å². The summed E-state index contributed by atoms with van der Waals surface area (Å²) in [4.78, 5) is 0. The summed E-state index contributed by atoms with van der Waals surface area (Å²) < 4.78 is 21.2. The Labute approximate surface area is 75.9 Å². The highest BCUT2D eigenvalue weighted by atomic mass is 35.7. The van der Waals surface area contributed by atoms with Crippen LogP contribution >= 0.6 is 18.0 Å². The molecule has 0 saturated carbocycles. The maximum absolute atomic E-state index is 11.4. The average Bonchev–Trinajstić information content (AvgIpc) is 2.38. The summed E-state index contributed by atoms with van der Waals surface area (Å²) in [6.45, 7) is -0.907. The molecule has 1 aromatic rings. The first-order valence-corrected chi connectivity index (χ1v) is 6.31. The van der Waals surface area contributed by atoms with Crippen LogP contribution in [0.2, 0.25) is 0 Å². The standard InChI is InChI=1S/C7H10ClO3P/c1-2-11-12(8,9)6-7-4-3-5-10-7/h3-5H,2,6H2,1H3. The molecule has 1 heterocycles. The predicted octanol–water partition coefficient (Wildman–Crippen LogP) is 3.25. The van der Waals surface area contributed by atoms with Gasteiger partial charge in [0.05, 0.1) is 19.0 Å². The molecule has 12 heavy (non-hydrogen) atoms. The van der Waals surface area contributed by atoms with Crippen molar-refractivity contribution in [3.63, 3.8) is 0 Å². The summed E-state index contributed by atoms with van der Waals surface area (Å²) in [7, 11) is 0. The van der Waals surface area contributed by atoms with Crippen LogP contribution in [0.4, 0.5) is 0 Å². The van der Waals surface area contributed by atoms with Crippen molar-refractivity contribution in [2.24, 2.45) is 0 Å². The number of furan rings is 1. The lowest BCUT2D eigenvalue weighted by Gasteiger charge is -2.06. The Kier molecular flexibility index (Phi) is 3.39. The Balaban J connectivity index is 2.56. The fourth-order valence-corrected chi connectivity index (χ4v) is 2.50. The van der Waals surface area contributed by atoms with E-state index < -0.39 is 6.72 Å². The second-order valence-electron chi connectivity index (χ2n) is 2.25. The van der Waals surface area contributed by atoms with Gasteiger partial charge in [-0.2, -0.15) is 0 Å².